The third-order valence-corrected chi connectivity index (χ3v) is 1.73. The lowest BCUT2D eigenvalue weighted by atomic mass is 10.3. The molecule has 1 aliphatic heterocycles. The number of aliphatic hydroxyl groups excluding tert-OH is 1. The summed E-state index contributed by atoms with van der Waals surface area (Å²) in [6.07, 6.45) is 0.559. The molecule has 1 saturated heterocycles. The van der Waals surface area contributed by atoms with Crippen molar-refractivity contribution in [1.82, 2.24) is 4.90 Å². The first-order chi connectivity index (χ1) is 4.20. The molecule has 0 aromatic rings. The van der Waals surface area contributed by atoms with Crippen LogP contribution in [-0.4, -0.2) is 34.3 Å². The molecule has 1 fully saturated rings. The highest BCUT2D eigenvalue weighted by molar-refractivity contribution is 7.80. The van der Waals surface area contributed by atoms with Crippen molar-refractivity contribution < 1.29 is 5.11 Å². The molecule has 4 heteroatoms. The fourth-order valence-corrected chi connectivity index (χ4v) is 1.11. The Morgan fingerprint density at radius 3 is 2.67 bits per heavy atom. The lowest BCUT2D eigenvalue weighted by Gasteiger charge is -2.13. The number of thiocarbonyl (C=S) groups is 1. The van der Waals surface area contributed by atoms with Crippen molar-refractivity contribution in [3.05, 3.63) is 0 Å². The molecule has 1 atom stereocenters. The van der Waals surface area contributed by atoms with Crippen molar-refractivity contribution in [2.24, 2.45) is 5.73 Å². The van der Waals surface area contributed by atoms with Crippen LogP contribution < -0.4 is 5.73 Å². The number of hydrogen-bond donors (Lipinski definition) is 2. The van der Waals surface area contributed by atoms with Crippen molar-refractivity contribution in [2.45, 2.75) is 12.5 Å². The van der Waals surface area contributed by atoms with Gasteiger partial charge in [-0.2, -0.15) is 0 Å². The van der Waals surface area contributed by atoms with Gasteiger partial charge in [-0.15, -0.1) is 0 Å². The SMILES string of the molecule is NC(=S)N1CC[C@H](O)C1. The van der Waals surface area contributed by atoms with Crippen molar-refractivity contribution in [2.75, 3.05) is 13.1 Å². The summed E-state index contributed by atoms with van der Waals surface area (Å²) in [5.41, 5.74) is 5.31. The van der Waals surface area contributed by atoms with Crippen LogP contribution in [0.3, 0.4) is 0 Å². The number of likely N-dealkylation sites (tertiary alicyclic amines) is 1. The molecule has 3 nitrogen and oxygen atoms in total. The molecule has 0 aromatic carbocycles. The lowest BCUT2D eigenvalue weighted by molar-refractivity contribution is 0.188. The Bertz CT molecular complexity index is 128. The molecule has 0 spiro atoms. The van der Waals surface area contributed by atoms with Crippen LogP contribution in [0.4, 0.5) is 0 Å². The van der Waals surface area contributed by atoms with Gasteiger partial charge in [-0.1, -0.05) is 0 Å². The van der Waals surface area contributed by atoms with Crippen LogP contribution in [0.2, 0.25) is 0 Å². The third kappa shape index (κ3) is 1.53. The normalized spacial score (nSPS) is 26.8. The molecular formula is C5H10N2OS. The third-order valence-electron chi connectivity index (χ3n) is 1.48. The minimum atomic E-state index is -0.230. The Balaban J connectivity index is 2.39. The lowest BCUT2D eigenvalue weighted by Crippen LogP contribution is -2.33. The quantitative estimate of drug-likeness (QED) is 0.444. The number of hydrogen-bond acceptors (Lipinski definition) is 2. The fourth-order valence-electron chi connectivity index (χ4n) is 0.942. The standard InChI is InChI=1S/C5H10N2OS/c6-5(9)7-2-1-4(8)3-7/h4,8H,1-3H2,(H2,6,9)/t4-/m0/s1. The number of nitrogens with two attached hydrogens (primary N) is 1. The Kier molecular flexibility index (Phi) is 1.87. The van der Waals surface area contributed by atoms with Crippen LogP contribution in [0.5, 0.6) is 0 Å². The molecule has 3 N–H and O–H groups in total. The van der Waals surface area contributed by atoms with Crippen molar-refractivity contribution in [3.63, 3.8) is 0 Å². The monoisotopic (exact) mass is 146 g/mol. The molecule has 1 heterocycles. The van der Waals surface area contributed by atoms with Crippen LogP contribution in [0.25, 0.3) is 0 Å². The van der Waals surface area contributed by atoms with Gasteiger partial charge in [-0.25, -0.2) is 0 Å². The number of aliphatic hydroxyl groups is 1. The van der Waals surface area contributed by atoms with Crippen LogP contribution in [0, 0.1) is 0 Å². The molecule has 0 bridgehead atoms. The predicted molar refractivity (Wildman–Crippen MR) is 39.0 cm³/mol. The zero-order valence-electron chi connectivity index (χ0n) is 5.08. The van der Waals surface area contributed by atoms with Gasteiger partial charge in [0.05, 0.1) is 6.10 Å². The molecule has 0 unspecified atom stereocenters. The highest BCUT2D eigenvalue weighted by Crippen LogP contribution is 2.07. The average Bonchev–Trinajstić information content (AvgIpc) is 2.14. The number of nitrogens with zero attached hydrogens (tertiary/aromatic N) is 1. The van der Waals surface area contributed by atoms with Crippen molar-refractivity contribution in [1.29, 1.82) is 0 Å². The molecule has 1 rings (SSSR count). The van der Waals surface area contributed by atoms with Gasteiger partial charge in [0.15, 0.2) is 5.11 Å². The Morgan fingerprint density at radius 2 is 2.44 bits per heavy atom. The summed E-state index contributed by atoms with van der Waals surface area (Å²) < 4.78 is 0. The minimum Gasteiger partial charge on any atom is -0.391 e. The molecule has 0 aliphatic carbocycles. The molecule has 52 valence electrons. The maximum Gasteiger partial charge on any atom is 0.166 e. The summed E-state index contributed by atoms with van der Waals surface area (Å²) in [6, 6.07) is 0. The second-order valence-corrected chi connectivity index (χ2v) is 2.65. The van der Waals surface area contributed by atoms with Crippen LogP contribution in [0.15, 0.2) is 0 Å². The van der Waals surface area contributed by atoms with Gasteiger partial charge in [0.1, 0.15) is 0 Å². The van der Waals surface area contributed by atoms with Gasteiger partial charge in [-0.3, -0.25) is 0 Å². The Hall–Kier alpha value is -0.350. The van der Waals surface area contributed by atoms with Gasteiger partial charge >= 0.3 is 0 Å². The maximum absolute atomic E-state index is 8.99. The topological polar surface area (TPSA) is 49.5 Å². The Labute approximate surface area is 59.4 Å². The molecule has 0 aromatic heterocycles. The van der Waals surface area contributed by atoms with Crippen LogP contribution in [-0.2, 0) is 0 Å². The van der Waals surface area contributed by atoms with E-state index in [1.54, 1.807) is 4.90 Å². The van der Waals surface area contributed by atoms with E-state index in [4.69, 9.17) is 23.1 Å². The smallest absolute Gasteiger partial charge is 0.166 e. The van der Waals surface area contributed by atoms with Gasteiger partial charge in [-0.05, 0) is 18.6 Å². The van der Waals surface area contributed by atoms with E-state index in [0.29, 0.717) is 11.7 Å². The van der Waals surface area contributed by atoms with E-state index >= 15 is 0 Å². The second-order valence-electron chi connectivity index (χ2n) is 2.23. The van der Waals surface area contributed by atoms with E-state index in [0.717, 1.165) is 13.0 Å². The molecule has 0 amide bonds. The van der Waals surface area contributed by atoms with E-state index in [-0.39, 0.29) is 6.10 Å². The molecule has 1 aliphatic rings. The van der Waals surface area contributed by atoms with Gasteiger partial charge in [0.2, 0.25) is 0 Å². The molecule has 0 saturated carbocycles. The zero-order chi connectivity index (χ0) is 6.85. The van der Waals surface area contributed by atoms with E-state index in [1.165, 1.54) is 0 Å². The van der Waals surface area contributed by atoms with E-state index in [2.05, 4.69) is 0 Å². The average molecular weight is 146 g/mol. The molecule has 0 radical (unpaired) electrons. The van der Waals surface area contributed by atoms with Crippen molar-refractivity contribution >= 4 is 17.3 Å². The van der Waals surface area contributed by atoms with Crippen LogP contribution >= 0.6 is 12.2 Å². The second kappa shape index (κ2) is 2.49. The summed E-state index contributed by atoms with van der Waals surface area (Å²) in [5, 5.41) is 9.39. The first kappa shape index (κ1) is 6.77. The largest absolute Gasteiger partial charge is 0.391 e. The van der Waals surface area contributed by atoms with E-state index < -0.39 is 0 Å². The van der Waals surface area contributed by atoms with Gasteiger partial charge in [0, 0.05) is 13.1 Å². The number of β-amino-alcohol motifs (C(OH)–C–C–N with tert-alkyl or cyclic N) is 1. The van der Waals surface area contributed by atoms with E-state index in [9.17, 15) is 0 Å². The van der Waals surface area contributed by atoms with E-state index in [1.807, 2.05) is 0 Å². The highest BCUT2D eigenvalue weighted by Gasteiger charge is 2.19. The maximum atomic E-state index is 8.99. The van der Waals surface area contributed by atoms with Crippen LogP contribution in [0.1, 0.15) is 6.42 Å². The summed E-state index contributed by atoms with van der Waals surface area (Å²) in [7, 11) is 0. The Morgan fingerprint density at radius 1 is 1.78 bits per heavy atom. The first-order valence-corrected chi connectivity index (χ1v) is 3.33. The van der Waals surface area contributed by atoms with Gasteiger partial charge in [0.25, 0.3) is 0 Å². The van der Waals surface area contributed by atoms with Gasteiger partial charge < -0.3 is 15.7 Å². The predicted octanol–water partition coefficient (Wildman–Crippen LogP) is -0.703. The summed E-state index contributed by atoms with van der Waals surface area (Å²) >= 11 is 4.70. The molecular weight excluding hydrogens is 136 g/mol. The zero-order valence-corrected chi connectivity index (χ0v) is 5.90. The summed E-state index contributed by atoms with van der Waals surface area (Å²) in [5.74, 6) is 0. The molecule has 9 heavy (non-hydrogen) atoms. The summed E-state index contributed by atoms with van der Waals surface area (Å²) in [4.78, 5) is 1.81. The minimum absolute atomic E-state index is 0.230. The first-order valence-electron chi connectivity index (χ1n) is 2.92. The summed E-state index contributed by atoms with van der Waals surface area (Å²) in [6.45, 7) is 1.41. The number of rotatable bonds is 0. The fraction of sp³-hybridized carbons (Fsp3) is 0.800. The highest BCUT2D eigenvalue weighted by atomic mass is 32.1. The van der Waals surface area contributed by atoms with Crippen molar-refractivity contribution in [3.8, 4) is 0 Å².